The zero-order valence-corrected chi connectivity index (χ0v) is 16.4. The lowest BCUT2D eigenvalue weighted by molar-refractivity contribution is 0.102. The maximum Gasteiger partial charge on any atom is 0.259 e. The number of anilines is 1. The van der Waals surface area contributed by atoms with Crippen molar-refractivity contribution < 1.29 is 13.6 Å². The van der Waals surface area contributed by atoms with E-state index in [0.717, 1.165) is 23.5 Å². The van der Waals surface area contributed by atoms with Gasteiger partial charge in [0, 0.05) is 49.5 Å². The second-order valence-electron chi connectivity index (χ2n) is 6.94. The summed E-state index contributed by atoms with van der Waals surface area (Å²) in [5, 5.41) is 6.98. The number of carbonyl (C=O) groups excluding carboxylic acids is 1. The normalized spacial score (nSPS) is 10.9. The number of carbonyl (C=O) groups is 1. The number of rotatable bonds is 5. The zero-order chi connectivity index (χ0) is 21.3. The number of hydrogen-bond donors (Lipinski definition) is 1. The summed E-state index contributed by atoms with van der Waals surface area (Å²) < 4.78 is 30.9. The summed E-state index contributed by atoms with van der Waals surface area (Å²) in [5.74, 6) is -0.976. The van der Waals surface area contributed by atoms with Crippen LogP contribution < -0.4 is 5.32 Å². The van der Waals surface area contributed by atoms with E-state index in [0.29, 0.717) is 12.2 Å². The van der Waals surface area contributed by atoms with Crippen LogP contribution in [-0.2, 0) is 13.6 Å². The van der Waals surface area contributed by atoms with Crippen LogP contribution in [0, 0.1) is 18.6 Å². The van der Waals surface area contributed by atoms with Gasteiger partial charge in [-0.3, -0.25) is 9.48 Å². The molecule has 2 heterocycles. The van der Waals surface area contributed by atoms with Gasteiger partial charge in [0.1, 0.15) is 23.2 Å². The summed E-state index contributed by atoms with van der Waals surface area (Å²) in [4.78, 5) is 17.0. The number of nitrogens with zero attached hydrogens (tertiary/aromatic N) is 4. The van der Waals surface area contributed by atoms with Crippen LogP contribution in [0.15, 0.2) is 61.1 Å². The van der Waals surface area contributed by atoms with Gasteiger partial charge in [0.25, 0.3) is 5.91 Å². The first-order valence-electron chi connectivity index (χ1n) is 9.28. The summed E-state index contributed by atoms with van der Waals surface area (Å²) in [6, 6.07) is 10.6. The van der Waals surface area contributed by atoms with E-state index in [1.807, 2.05) is 29.8 Å². The fourth-order valence-corrected chi connectivity index (χ4v) is 3.19. The van der Waals surface area contributed by atoms with Crippen molar-refractivity contribution in [3.8, 4) is 11.3 Å². The lowest BCUT2D eigenvalue weighted by Crippen LogP contribution is -2.12. The monoisotopic (exact) mass is 407 g/mol. The molecule has 0 unspecified atom stereocenters. The van der Waals surface area contributed by atoms with Crippen molar-refractivity contribution in [3.05, 3.63) is 89.6 Å². The Hall–Kier alpha value is -3.81. The van der Waals surface area contributed by atoms with Crippen LogP contribution in [-0.4, -0.2) is 25.2 Å². The lowest BCUT2D eigenvalue weighted by Gasteiger charge is -2.09. The highest BCUT2D eigenvalue weighted by Gasteiger charge is 2.20. The highest BCUT2D eigenvalue weighted by molar-refractivity contribution is 6.08. The summed E-state index contributed by atoms with van der Waals surface area (Å²) in [6.07, 6.45) is 5.16. The van der Waals surface area contributed by atoms with Crippen molar-refractivity contribution >= 4 is 11.6 Å². The number of nitrogens with one attached hydrogen (secondary N) is 1. The molecule has 0 fully saturated rings. The van der Waals surface area contributed by atoms with Crippen LogP contribution in [0.2, 0.25) is 0 Å². The molecule has 0 spiro atoms. The third-order valence-corrected chi connectivity index (χ3v) is 4.75. The van der Waals surface area contributed by atoms with Crippen LogP contribution >= 0.6 is 0 Å². The van der Waals surface area contributed by atoms with Crippen LogP contribution in [0.4, 0.5) is 14.5 Å². The molecule has 0 atom stereocenters. The molecule has 2 aromatic carbocycles. The molecule has 2 aromatic heterocycles. The Morgan fingerprint density at radius 3 is 2.57 bits per heavy atom. The first-order valence-corrected chi connectivity index (χ1v) is 9.28. The Morgan fingerprint density at radius 1 is 1.13 bits per heavy atom. The molecule has 0 aliphatic rings. The van der Waals surface area contributed by atoms with Crippen LogP contribution in [0.25, 0.3) is 11.3 Å². The van der Waals surface area contributed by atoms with Crippen molar-refractivity contribution in [1.82, 2.24) is 19.3 Å². The number of amides is 1. The number of hydrogen-bond acceptors (Lipinski definition) is 3. The van der Waals surface area contributed by atoms with Gasteiger partial charge in [0.05, 0.1) is 5.56 Å². The average Bonchev–Trinajstić information content (AvgIpc) is 3.29. The molecule has 0 saturated heterocycles. The molecule has 1 amide bonds. The summed E-state index contributed by atoms with van der Waals surface area (Å²) >= 11 is 0. The van der Waals surface area contributed by atoms with E-state index in [1.165, 1.54) is 16.9 Å². The van der Waals surface area contributed by atoms with E-state index < -0.39 is 17.5 Å². The van der Waals surface area contributed by atoms with Crippen molar-refractivity contribution in [2.45, 2.75) is 13.5 Å². The molecule has 0 bridgehead atoms. The Bertz CT molecular complexity index is 1210. The molecule has 8 heteroatoms. The third kappa shape index (κ3) is 3.98. The molecule has 4 aromatic rings. The smallest absolute Gasteiger partial charge is 0.259 e. The predicted molar refractivity (Wildman–Crippen MR) is 109 cm³/mol. The molecule has 30 heavy (non-hydrogen) atoms. The number of aryl methyl sites for hydroxylation is 2. The van der Waals surface area contributed by atoms with Gasteiger partial charge in [0.15, 0.2) is 0 Å². The van der Waals surface area contributed by atoms with Gasteiger partial charge in [-0.2, -0.15) is 5.10 Å². The molecular formula is C22H19F2N5O. The Balaban J connectivity index is 1.54. The van der Waals surface area contributed by atoms with E-state index in [1.54, 1.807) is 25.4 Å². The second-order valence-corrected chi connectivity index (χ2v) is 6.94. The maximum absolute atomic E-state index is 14.2. The van der Waals surface area contributed by atoms with Gasteiger partial charge < -0.3 is 9.88 Å². The molecule has 0 aliphatic heterocycles. The molecule has 0 aliphatic carbocycles. The molecule has 152 valence electrons. The van der Waals surface area contributed by atoms with Gasteiger partial charge >= 0.3 is 0 Å². The average molecular weight is 407 g/mol. The lowest BCUT2D eigenvalue weighted by atomic mass is 10.1. The summed E-state index contributed by atoms with van der Waals surface area (Å²) in [7, 11) is 1.63. The SMILES string of the molecule is Cc1nccn1Cc1ccc(NC(=O)c2cn(C)nc2-c2ccc(F)cc2F)cc1. The summed E-state index contributed by atoms with van der Waals surface area (Å²) in [5.41, 5.74) is 2.07. The summed E-state index contributed by atoms with van der Waals surface area (Å²) in [6.45, 7) is 2.61. The number of benzene rings is 2. The van der Waals surface area contributed by atoms with E-state index >= 15 is 0 Å². The maximum atomic E-state index is 14.2. The minimum absolute atomic E-state index is 0.0631. The van der Waals surface area contributed by atoms with E-state index in [4.69, 9.17) is 0 Å². The largest absolute Gasteiger partial charge is 0.331 e. The van der Waals surface area contributed by atoms with Crippen molar-refractivity contribution in [3.63, 3.8) is 0 Å². The fraction of sp³-hybridized carbons (Fsp3) is 0.136. The Labute approximate surface area is 171 Å². The molecule has 6 nitrogen and oxygen atoms in total. The van der Waals surface area contributed by atoms with E-state index in [2.05, 4.69) is 15.4 Å². The minimum Gasteiger partial charge on any atom is -0.331 e. The predicted octanol–water partition coefficient (Wildman–Crippen LogP) is 4.17. The standard InChI is InChI=1S/C22H19F2N5O/c1-14-25-9-10-29(14)12-15-3-6-17(7-4-15)26-22(30)19-13-28(2)27-21(19)18-8-5-16(23)11-20(18)24/h3-11,13H,12H2,1-2H3,(H,26,30). The van der Waals surface area contributed by atoms with Gasteiger partial charge in [-0.15, -0.1) is 0 Å². The van der Waals surface area contributed by atoms with E-state index in [9.17, 15) is 13.6 Å². The number of halogens is 2. The third-order valence-electron chi connectivity index (χ3n) is 4.75. The van der Waals surface area contributed by atoms with Gasteiger partial charge in [-0.25, -0.2) is 13.8 Å². The van der Waals surface area contributed by atoms with Crippen molar-refractivity contribution in [2.75, 3.05) is 5.32 Å². The van der Waals surface area contributed by atoms with Gasteiger partial charge in [-0.05, 0) is 36.8 Å². The van der Waals surface area contributed by atoms with Gasteiger partial charge in [-0.1, -0.05) is 12.1 Å². The quantitative estimate of drug-likeness (QED) is 0.540. The van der Waals surface area contributed by atoms with Crippen LogP contribution in [0.3, 0.4) is 0 Å². The molecule has 0 saturated carbocycles. The fourth-order valence-electron chi connectivity index (χ4n) is 3.19. The highest BCUT2D eigenvalue weighted by Crippen LogP contribution is 2.26. The Kier molecular flexibility index (Phi) is 5.14. The Morgan fingerprint density at radius 2 is 1.90 bits per heavy atom. The van der Waals surface area contributed by atoms with Crippen molar-refractivity contribution in [2.24, 2.45) is 7.05 Å². The molecule has 4 rings (SSSR count). The van der Waals surface area contributed by atoms with Crippen LogP contribution in [0.5, 0.6) is 0 Å². The highest BCUT2D eigenvalue weighted by atomic mass is 19.1. The first-order chi connectivity index (χ1) is 14.4. The zero-order valence-electron chi connectivity index (χ0n) is 16.4. The molecule has 0 radical (unpaired) electrons. The molecule has 1 N–H and O–H groups in total. The molecular weight excluding hydrogens is 388 g/mol. The number of imidazole rings is 1. The first kappa shape index (κ1) is 19.5. The van der Waals surface area contributed by atoms with Crippen molar-refractivity contribution in [1.29, 1.82) is 0 Å². The second kappa shape index (κ2) is 7.90. The topological polar surface area (TPSA) is 64.7 Å². The van der Waals surface area contributed by atoms with Gasteiger partial charge in [0.2, 0.25) is 0 Å². The van der Waals surface area contributed by atoms with Crippen LogP contribution in [0.1, 0.15) is 21.7 Å². The minimum atomic E-state index is -0.776. The number of aromatic nitrogens is 4. The van der Waals surface area contributed by atoms with E-state index in [-0.39, 0.29) is 16.8 Å².